The number of rotatable bonds is 1. The molecule has 0 unspecified atom stereocenters. The molecule has 2 saturated heterocycles. The van der Waals surface area contributed by atoms with Crippen LogP contribution >= 0.6 is 0 Å². The molecule has 0 aromatic rings. The average Bonchev–Trinajstić information content (AvgIpc) is 2.43. The predicted molar refractivity (Wildman–Crippen MR) is 49.5 cm³/mol. The van der Waals surface area contributed by atoms with Gasteiger partial charge in [-0.2, -0.15) is 0 Å². The molecule has 1 amide bonds. The smallest absolute Gasteiger partial charge is 0.410 e. The Kier molecular flexibility index (Phi) is 2.18. The summed E-state index contributed by atoms with van der Waals surface area (Å²) in [6.45, 7) is 5.17. The molecule has 74 valence electrons. The van der Waals surface area contributed by atoms with Crippen LogP contribution in [0, 0.1) is 5.92 Å². The van der Waals surface area contributed by atoms with Gasteiger partial charge >= 0.3 is 6.09 Å². The normalized spacial score (nSPS) is 38.8. The van der Waals surface area contributed by atoms with Crippen LogP contribution in [0.15, 0.2) is 0 Å². The van der Waals surface area contributed by atoms with E-state index in [4.69, 9.17) is 4.74 Å². The highest BCUT2D eigenvalue weighted by atomic mass is 16.6. The number of fused-ring (bicyclic) bond motifs is 1. The van der Waals surface area contributed by atoms with Gasteiger partial charge in [-0.15, -0.1) is 0 Å². The van der Waals surface area contributed by atoms with Gasteiger partial charge in [-0.3, -0.25) is 0 Å². The van der Waals surface area contributed by atoms with Gasteiger partial charge in [0.2, 0.25) is 0 Å². The van der Waals surface area contributed by atoms with E-state index >= 15 is 0 Å². The molecule has 0 spiro atoms. The first-order valence-electron chi connectivity index (χ1n) is 5.19. The summed E-state index contributed by atoms with van der Waals surface area (Å²) in [6, 6.07) is 0.369. The van der Waals surface area contributed by atoms with E-state index in [0.29, 0.717) is 12.0 Å². The second-order valence-electron chi connectivity index (χ2n) is 4.23. The van der Waals surface area contributed by atoms with Crippen LogP contribution in [0.25, 0.3) is 0 Å². The lowest BCUT2D eigenvalue weighted by Gasteiger charge is -2.32. The number of carbonyl (C=O) groups is 1. The van der Waals surface area contributed by atoms with Crippen LogP contribution in [0.1, 0.15) is 33.1 Å². The topological polar surface area (TPSA) is 29.5 Å². The summed E-state index contributed by atoms with van der Waals surface area (Å²) < 4.78 is 5.29. The average molecular weight is 183 g/mol. The van der Waals surface area contributed by atoms with Gasteiger partial charge in [0.05, 0.1) is 6.04 Å². The minimum Gasteiger partial charge on any atom is -0.444 e. The summed E-state index contributed by atoms with van der Waals surface area (Å²) in [6.07, 6.45) is 3.35. The number of cyclic esters (lactones) is 1. The molecule has 0 radical (unpaired) electrons. The van der Waals surface area contributed by atoms with E-state index in [1.165, 1.54) is 6.42 Å². The van der Waals surface area contributed by atoms with Crippen molar-refractivity contribution in [3.8, 4) is 0 Å². The molecule has 0 aliphatic carbocycles. The Morgan fingerprint density at radius 3 is 3.00 bits per heavy atom. The van der Waals surface area contributed by atoms with Crippen molar-refractivity contribution in [1.29, 1.82) is 0 Å². The molecule has 0 bridgehead atoms. The quantitative estimate of drug-likeness (QED) is 0.622. The second-order valence-corrected chi connectivity index (χ2v) is 4.23. The molecule has 3 heteroatoms. The zero-order chi connectivity index (χ0) is 9.42. The Bertz CT molecular complexity index is 217. The Balaban J connectivity index is 2.10. The van der Waals surface area contributed by atoms with E-state index in [1.54, 1.807) is 0 Å². The Morgan fingerprint density at radius 2 is 2.31 bits per heavy atom. The van der Waals surface area contributed by atoms with Crippen molar-refractivity contribution < 1.29 is 9.53 Å². The summed E-state index contributed by atoms with van der Waals surface area (Å²) in [7, 11) is 0. The fourth-order valence-electron chi connectivity index (χ4n) is 2.40. The van der Waals surface area contributed by atoms with Gasteiger partial charge < -0.3 is 9.64 Å². The maximum atomic E-state index is 11.4. The monoisotopic (exact) mass is 183 g/mol. The van der Waals surface area contributed by atoms with Gasteiger partial charge in [0.25, 0.3) is 0 Å². The SMILES string of the molecule is CC[C@@H]1OC(=O)N2C[C@@H](C)CC[C@@H]12. The van der Waals surface area contributed by atoms with Crippen LogP contribution in [0.3, 0.4) is 0 Å². The number of piperidine rings is 1. The summed E-state index contributed by atoms with van der Waals surface area (Å²) in [5.41, 5.74) is 0. The summed E-state index contributed by atoms with van der Waals surface area (Å²) >= 11 is 0. The molecule has 0 N–H and O–H groups in total. The van der Waals surface area contributed by atoms with E-state index in [0.717, 1.165) is 19.4 Å². The molecule has 2 fully saturated rings. The third-order valence-corrected chi connectivity index (χ3v) is 3.18. The second kappa shape index (κ2) is 3.20. The van der Waals surface area contributed by atoms with Gasteiger partial charge in [0.1, 0.15) is 6.10 Å². The number of ether oxygens (including phenoxy) is 1. The van der Waals surface area contributed by atoms with Crippen molar-refractivity contribution in [3.05, 3.63) is 0 Å². The largest absolute Gasteiger partial charge is 0.444 e. The van der Waals surface area contributed by atoms with Crippen molar-refractivity contribution in [2.75, 3.05) is 6.54 Å². The van der Waals surface area contributed by atoms with Crippen LogP contribution < -0.4 is 0 Å². The maximum Gasteiger partial charge on any atom is 0.410 e. The molecule has 0 saturated carbocycles. The van der Waals surface area contributed by atoms with Gasteiger partial charge in [-0.05, 0) is 25.2 Å². The molecule has 2 rings (SSSR count). The molecule has 3 nitrogen and oxygen atoms in total. The van der Waals surface area contributed by atoms with Crippen LogP contribution in [0.5, 0.6) is 0 Å². The van der Waals surface area contributed by atoms with Crippen molar-refractivity contribution in [2.45, 2.75) is 45.3 Å². The zero-order valence-electron chi connectivity index (χ0n) is 8.32. The number of hydrogen-bond acceptors (Lipinski definition) is 2. The molecule has 0 aromatic heterocycles. The minimum absolute atomic E-state index is 0.0941. The third-order valence-electron chi connectivity index (χ3n) is 3.18. The standard InChI is InChI=1S/C10H17NO2/c1-3-9-8-5-4-7(2)6-11(8)10(12)13-9/h7-9H,3-6H2,1-2H3/t7-,8-,9-/m0/s1. The van der Waals surface area contributed by atoms with Crippen LogP contribution in [0.4, 0.5) is 4.79 Å². The maximum absolute atomic E-state index is 11.4. The number of nitrogens with zero attached hydrogens (tertiary/aromatic N) is 1. The Hall–Kier alpha value is -0.730. The van der Waals surface area contributed by atoms with Crippen molar-refractivity contribution in [1.82, 2.24) is 4.90 Å². The zero-order valence-corrected chi connectivity index (χ0v) is 8.32. The fourth-order valence-corrected chi connectivity index (χ4v) is 2.40. The predicted octanol–water partition coefficient (Wildman–Crippen LogP) is 2.02. The van der Waals surface area contributed by atoms with Gasteiger partial charge in [0, 0.05) is 6.54 Å². The number of amides is 1. The fraction of sp³-hybridized carbons (Fsp3) is 0.900. The molecule has 13 heavy (non-hydrogen) atoms. The van der Waals surface area contributed by atoms with Crippen LogP contribution in [0.2, 0.25) is 0 Å². The van der Waals surface area contributed by atoms with Crippen molar-refractivity contribution in [2.24, 2.45) is 5.92 Å². The first-order valence-corrected chi connectivity index (χ1v) is 5.19. The Labute approximate surface area is 79.0 Å². The van der Waals surface area contributed by atoms with E-state index < -0.39 is 0 Å². The van der Waals surface area contributed by atoms with Gasteiger partial charge in [-0.25, -0.2) is 4.79 Å². The number of hydrogen-bond donors (Lipinski definition) is 0. The molecule has 0 aromatic carbocycles. The molecule has 2 aliphatic heterocycles. The molecular formula is C10H17NO2. The van der Waals surface area contributed by atoms with Crippen LogP contribution in [-0.2, 0) is 4.74 Å². The molecule has 2 heterocycles. The van der Waals surface area contributed by atoms with Gasteiger partial charge in [0.15, 0.2) is 0 Å². The van der Waals surface area contributed by atoms with Crippen molar-refractivity contribution in [3.63, 3.8) is 0 Å². The minimum atomic E-state index is -0.0941. The van der Waals surface area contributed by atoms with Gasteiger partial charge in [-0.1, -0.05) is 13.8 Å². The highest BCUT2D eigenvalue weighted by molar-refractivity contribution is 5.70. The first-order chi connectivity index (χ1) is 6.22. The lowest BCUT2D eigenvalue weighted by Crippen LogP contribution is -2.43. The van der Waals surface area contributed by atoms with Crippen LogP contribution in [-0.4, -0.2) is 29.7 Å². The lowest BCUT2D eigenvalue weighted by atomic mass is 9.92. The molecular weight excluding hydrogens is 166 g/mol. The van der Waals surface area contributed by atoms with E-state index in [2.05, 4.69) is 13.8 Å². The molecule has 3 atom stereocenters. The van der Waals surface area contributed by atoms with E-state index in [-0.39, 0.29) is 12.2 Å². The summed E-state index contributed by atoms with van der Waals surface area (Å²) in [5, 5.41) is 0. The molecule has 2 aliphatic rings. The summed E-state index contributed by atoms with van der Waals surface area (Å²) in [4.78, 5) is 13.3. The lowest BCUT2D eigenvalue weighted by molar-refractivity contribution is 0.127. The van der Waals surface area contributed by atoms with Crippen molar-refractivity contribution >= 4 is 6.09 Å². The highest BCUT2D eigenvalue weighted by Gasteiger charge is 2.43. The van der Waals surface area contributed by atoms with E-state index in [9.17, 15) is 4.79 Å². The highest BCUT2D eigenvalue weighted by Crippen LogP contribution is 2.31. The van der Waals surface area contributed by atoms with E-state index in [1.807, 2.05) is 4.90 Å². The first kappa shape index (κ1) is 8.85. The summed E-state index contributed by atoms with van der Waals surface area (Å²) in [5.74, 6) is 0.638. The third kappa shape index (κ3) is 1.40. The Morgan fingerprint density at radius 1 is 1.54 bits per heavy atom. The number of carbonyl (C=O) groups excluding carboxylic acids is 1.